The number of carbonyl (C=O) groups is 1. The fraction of sp³-hybridized carbons (Fsp3) is 0.150. The maximum atomic E-state index is 13.1. The van der Waals surface area contributed by atoms with Crippen molar-refractivity contribution < 1.29 is 9.21 Å². The molecule has 1 unspecified atom stereocenters. The third-order valence-electron chi connectivity index (χ3n) is 4.79. The van der Waals surface area contributed by atoms with Crippen LogP contribution in [0.25, 0.3) is 11.1 Å². The largest absolute Gasteiger partial charge is 0.423 e. The Morgan fingerprint density at radius 2 is 2.22 bits per heavy atom. The average Bonchev–Trinajstić information content (AvgIpc) is 3.42. The van der Waals surface area contributed by atoms with Crippen LogP contribution in [-0.4, -0.2) is 39.6 Å². The third kappa shape index (κ3) is 4.01. The van der Waals surface area contributed by atoms with Gasteiger partial charge >= 0.3 is 6.01 Å². The minimum Gasteiger partial charge on any atom is -0.423 e. The first-order valence-corrected chi connectivity index (χ1v) is 11.3. The zero-order valence-electron chi connectivity index (χ0n) is 16.7. The molecule has 0 radical (unpaired) electrons. The molecule has 2 aliphatic rings. The number of guanidine groups is 1. The molecule has 5 rings (SSSR count). The molecule has 0 saturated heterocycles. The molecule has 1 aromatic carbocycles. The number of allylic oxidation sites excluding steroid dienone is 3. The zero-order chi connectivity index (χ0) is 22.1. The van der Waals surface area contributed by atoms with Crippen LogP contribution < -0.4 is 21.3 Å². The summed E-state index contributed by atoms with van der Waals surface area (Å²) >= 11 is 4.82. The Morgan fingerprint density at radius 3 is 3.00 bits per heavy atom. The summed E-state index contributed by atoms with van der Waals surface area (Å²) in [6.45, 7) is 2.44. The van der Waals surface area contributed by atoms with E-state index in [4.69, 9.17) is 9.41 Å². The number of hydrogen-bond donors (Lipinski definition) is 4. The summed E-state index contributed by atoms with van der Waals surface area (Å²) in [4.78, 5) is 22.3. The number of oxazole rings is 1. The van der Waals surface area contributed by atoms with E-state index < -0.39 is 6.04 Å². The second-order valence-electron chi connectivity index (χ2n) is 6.90. The number of carbonyl (C=O) groups excluding carboxylic acids is 1. The number of aromatic nitrogens is 3. The standard InChI is InChI=1S/C20H17BrN8O2S/c1-10-14(17(30)27-20-29-23-9-32-20)16(15-11(21)5-4-8-22-15)26-18(24-10)28-19-25-12-6-2-3-7-13(12)31-19/h2-7,9,16,22H,8H2,1H3,(H,27,29,30)(H2,24,25,26,28). The molecule has 12 heteroatoms. The first kappa shape index (κ1) is 20.4. The number of benzene rings is 1. The second kappa shape index (κ2) is 8.55. The summed E-state index contributed by atoms with van der Waals surface area (Å²) in [5.41, 5.74) is 4.81. The highest BCUT2D eigenvalue weighted by Crippen LogP contribution is 2.29. The van der Waals surface area contributed by atoms with Gasteiger partial charge in [-0.05, 0) is 41.1 Å². The normalized spacial score (nSPS) is 18.3. The van der Waals surface area contributed by atoms with Gasteiger partial charge in [-0.15, -0.1) is 10.2 Å². The van der Waals surface area contributed by atoms with Crippen LogP contribution in [0.1, 0.15) is 6.92 Å². The maximum absolute atomic E-state index is 13.1. The Labute approximate surface area is 194 Å². The van der Waals surface area contributed by atoms with Crippen LogP contribution >= 0.6 is 27.3 Å². The van der Waals surface area contributed by atoms with Crippen LogP contribution in [0.4, 0.5) is 11.1 Å². The molecular formula is C20H17BrN8O2S. The van der Waals surface area contributed by atoms with Gasteiger partial charge in [-0.3, -0.25) is 15.4 Å². The van der Waals surface area contributed by atoms with Gasteiger partial charge in [0.25, 0.3) is 5.91 Å². The van der Waals surface area contributed by atoms with E-state index in [-0.39, 0.29) is 5.91 Å². The predicted molar refractivity (Wildman–Crippen MR) is 126 cm³/mol. The molecule has 1 amide bonds. The summed E-state index contributed by atoms with van der Waals surface area (Å²) < 4.78 is 6.57. The van der Waals surface area contributed by atoms with Gasteiger partial charge in [-0.1, -0.05) is 29.5 Å². The van der Waals surface area contributed by atoms with E-state index in [2.05, 4.69) is 52.4 Å². The summed E-state index contributed by atoms with van der Waals surface area (Å²) in [5, 5.41) is 20.4. The smallest absolute Gasteiger partial charge is 0.302 e. The SMILES string of the molecule is CC1=C(C(=O)Nc2nncs2)C(C2=C(Br)C=CCN2)N=C(Nc2nc3ccccc3o2)N1. The van der Waals surface area contributed by atoms with Crippen molar-refractivity contribution in [1.29, 1.82) is 0 Å². The van der Waals surface area contributed by atoms with Crippen molar-refractivity contribution in [2.45, 2.75) is 13.0 Å². The minimum absolute atomic E-state index is 0.301. The molecule has 0 spiro atoms. The van der Waals surface area contributed by atoms with Crippen molar-refractivity contribution >= 4 is 61.4 Å². The van der Waals surface area contributed by atoms with Crippen molar-refractivity contribution in [3.63, 3.8) is 0 Å². The molecule has 3 aromatic rings. The lowest BCUT2D eigenvalue weighted by molar-refractivity contribution is -0.113. The van der Waals surface area contributed by atoms with E-state index >= 15 is 0 Å². The van der Waals surface area contributed by atoms with Crippen molar-refractivity contribution in [1.82, 2.24) is 25.8 Å². The second-order valence-corrected chi connectivity index (χ2v) is 8.59. The number of fused-ring (bicyclic) bond motifs is 1. The Morgan fingerprint density at radius 1 is 1.34 bits per heavy atom. The topological polar surface area (TPSA) is 129 Å². The Hall–Kier alpha value is -3.51. The van der Waals surface area contributed by atoms with Gasteiger partial charge in [0.1, 0.15) is 17.1 Å². The quantitative estimate of drug-likeness (QED) is 0.419. The molecule has 4 heterocycles. The fourth-order valence-corrected chi connectivity index (χ4v) is 4.38. The fourth-order valence-electron chi connectivity index (χ4n) is 3.39. The molecule has 2 aromatic heterocycles. The van der Waals surface area contributed by atoms with Crippen LogP contribution in [0.15, 0.2) is 72.8 Å². The van der Waals surface area contributed by atoms with E-state index in [0.717, 1.165) is 15.7 Å². The van der Waals surface area contributed by atoms with E-state index in [1.807, 2.05) is 43.3 Å². The number of amides is 1. The van der Waals surface area contributed by atoms with Crippen molar-refractivity contribution in [2.75, 3.05) is 17.2 Å². The van der Waals surface area contributed by atoms with E-state index in [1.165, 1.54) is 11.3 Å². The molecule has 32 heavy (non-hydrogen) atoms. The summed E-state index contributed by atoms with van der Waals surface area (Å²) in [6.07, 6.45) is 3.92. The Bertz CT molecular complexity index is 1280. The van der Waals surface area contributed by atoms with Crippen LogP contribution in [-0.2, 0) is 4.79 Å². The van der Waals surface area contributed by atoms with Crippen molar-refractivity contribution in [3.8, 4) is 0 Å². The van der Waals surface area contributed by atoms with Crippen LogP contribution in [0.5, 0.6) is 0 Å². The van der Waals surface area contributed by atoms with Crippen molar-refractivity contribution in [2.24, 2.45) is 4.99 Å². The lowest BCUT2D eigenvalue weighted by Crippen LogP contribution is -2.43. The van der Waals surface area contributed by atoms with Gasteiger partial charge in [0.2, 0.25) is 11.1 Å². The first-order chi connectivity index (χ1) is 15.6. The number of dihydropyridines is 1. The molecule has 0 fully saturated rings. The van der Waals surface area contributed by atoms with Crippen LogP contribution in [0.2, 0.25) is 0 Å². The molecule has 4 N–H and O–H groups in total. The molecule has 10 nitrogen and oxygen atoms in total. The average molecular weight is 513 g/mol. The van der Waals surface area contributed by atoms with Crippen LogP contribution in [0.3, 0.4) is 0 Å². The molecular weight excluding hydrogens is 496 g/mol. The lowest BCUT2D eigenvalue weighted by Gasteiger charge is -2.29. The number of nitrogens with one attached hydrogen (secondary N) is 4. The lowest BCUT2D eigenvalue weighted by atomic mass is 9.98. The third-order valence-corrected chi connectivity index (χ3v) is 6.09. The summed E-state index contributed by atoms with van der Waals surface area (Å²) in [7, 11) is 0. The Balaban J connectivity index is 1.49. The number of rotatable bonds is 4. The molecule has 2 aliphatic heterocycles. The highest BCUT2D eigenvalue weighted by Gasteiger charge is 2.33. The number of hydrogen-bond acceptors (Lipinski definition) is 10. The maximum Gasteiger partial charge on any atom is 0.302 e. The number of anilines is 2. The first-order valence-electron chi connectivity index (χ1n) is 9.64. The number of aliphatic imine (C=N–C) groups is 1. The Kier molecular flexibility index (Phi) is 5.45. The highest BCUT2D eigenvalue weighted by atomic mass is 79.9. The molecule has 1 atom stereocenters. The van der Waals surface area contributed by atoms with Crippen LogP contribution in [0, 0.1) is 0 Å². The van der Waals surface area contributed by atoms with Gasteiger partial charge in [0.15, 0.2) is 5.58 Å². The molecule has 0 bridgehead atoms. The monoisotopic (exact) mass is 512 g/mol. The molecule has 0 aliphatic carbocycles. The van der Waals surface area contributed by atoms with E-state index in [1.54, 1.807) is 5.51 Å². The zero-order valence-corrected chi connectivity index (χ0v) is 19.1. The number of para-hydroxylation sites is 2. The van der Waals surface area contributed by atoms with Crippen molar-refractivity contribution in [3.05, 3.63) is 63.4 Å². The highest BCUT2D eigenvalue weighted by molar-refractivity contribution is 9.11. The number of nitrogens with zero attached hydrogens (tertiary/aromatic N) is 4. The summed E-state index contributed by atoms with van der Waals surface area (Å²) in [5.74, 6) is 0.0984. The van der Waals surface area contributed by atoms with E-state index in [0.29, 0.717) is 40.5 Å². The van der Waals surface area contributed by atoms with E-state index in [9.17, 15) is 4.79 Å². The minimum atomic E-state index is -0.602. The van der Waals surface area contributed by atoms with Gasteiger partial charge in [-0.2, -0.15) is 4.98 Å². The summed E-state index contributed by atoms with van der Waals surface area (Å²) in [6, 6.07) is 7.18. The molecule has 0 saturated carbocycles. The predicted octanol–water partition coefficient (Wildman–Crippen LogP) is 3.10. The van der Waals surface area contributed by atoms with Gasteiger partial charge in [-0.25, -0.2) is 4.99 Å². The van der Waals surface area contributed by atoms with Gasteiger partial charge < -0.3 is 15.1 Å². The van der Waals surface area contributed by atoms with Gasteiger partial charge in [0, 0.05) is 16.7 Å². The number of halogens is 1. The molecule has 162 valence electrons. The van der Waals surface area contributed by atoms with Gasteiger partial charge in [0.05, 0.1) is 11.3 Å².